The molecule has 252 valence electrons. The molecule has 0 aliphatic carbocycles. The first-order chi connectivity index (χ1) is 21.4. The molecule has 2 aromatic rings. The molecule has 0 aromatic heterocycles. The summed E-state index contributed by atoms with van der Waals surface area (Å²) >= 11 is 0. The Kier molecular flexibility index (Phi) is 13.8. The van der Waals surface area contributed by atoms with Crippen molar-refractivity contribution >= 4 is 29.8 Å². The normalized spacial score (nSPS) is 13.5. The summed E-state index contributed by atoms with van der Waals surface area (Å²) in [5, 5.41) is 5.45. The second-order valence-corrected chi connectivity index (χ2v) is 13.3. The monoisotopic (exact) mass is 638 g/mol. The topological polar surface area (TPSA) is 157 Å². The number of carbonyl (C=O) groups excluding carboxylic acids is 5. The van der Waals surface area contributed by atoms with Crippen LogP contribution >= 0.6 is 0 Å². The van der Waals surface area contributed by atoms with Crippen molar-refractivity contribution < 1.29 is 33.4 Å². The number of benzene rings is 2. The van der Waals surface area contributed by atoms with Gasteiger partial charge < -0.3 is 30.7 Å². The summed E-state index contributed by atoms with van der Waals surface area (Å²) in [4.78, 5) is 68.0. The van der Waals surface area contributed by atoms with Gasteiger partial charge in [-0.3, -0.25) is 14.4 Å². The maximum absolute atomic E-state index is 14.4. The van der Waals surface area contributed by atoms with Crippen LogP contribution in [0.5, 0.6) is 0 Å². The van der Waals surface area contributed by atoms with E-state index in [1.54, 1.807) is 53.7 Å². The molecule has 2 aromatic carbocycles. The maximum atomic E-state index is 14.4. The van der Waals surface area contributed by atoms with Crippen LogP contribution in [0, 0.1) is 6.92 Å². The van der Waals surface area contributed by atoms with Gasteiger partial charge in [0.15, 0.2) is 0 Å². The Morgan fingerprint density at radius 1 is 0.826 bits per heavy atom. The highest BCUT2D eigenvalue weighted by Gasteiger charge is 2.38. The third-order valence-electron chi connectivity index (χ3n) is 6.75. The molecule has 4 amide bonds. The quantitative estimate of drug-likeness (QED) is 0.257. The summed E-state index contributed by atoms with van der Waals surface area (Å²) in [6, 6.07) is 12.9. The van der Waals surface area contributed by atoms with Gasteiger partial charge in [0.2, 0.25) is 17.7 Å². The highest BCUT2D eigenvalue weighted by atomic mass is 16.6. The van der Waals surface area contributed by atoms with Crippen molar-refractivity contribution in [2.24, 2.45) is 5.73 Å². The molecule has 0 spiro atoms. The number of primary amides is 1. The number of hydrogen-bond donors (Lipinski definition) is 3. The highest BCUT2D eigenvalue weighted by Crippen LogP contribution is 2.27. The second-order valence-electron chi connectivity index (χ2n) is 13.3. The standard InChI is InChI=1S/C35H50N4O7/c1-9-21-39(31(42)26(19-20-28(36)40)38-33(44)46-35(6,7)8)29(25-18-14-13-15-23(25)2)30(41)37-27(32(43)45-34(3,4)5)22-24-16-11-10-12-17-24/h10-18,26-27,29H,9,19-22H2,1-8H3,(H2,36,40)(H,37,41)(H,38,44). The van der Waals surface area contributed by atoms with Gasteiger partial charge in [-0.05, 0) is 78.0 Å². The van der Waals surface area contributed by atoms with Gasteiger partial charge in [0, 0.05) is 19.4 Å². The number of ether oxygens (including phenoxy) is 2. The van der Waals surface area contributed by atoms with Crippen molar-refractivity contribution in [3.8, 4) is 0 Å². The van der Waals surface area contributed by atoms with Crippen LogP contribution in [0.3, 0.4) is 0 Å². The number of carbonyl (C=O) groups is 5. The van der Waals surface area contributed by atoms with Crippen LogP contribution in [0.4, 0.5) is 4.79 Å². The molecule has 0 radical (unpaired) electrons. The Balaban J connectivity index is 2.59. The molecule has 0 heterocycles. The Hall–Kier alpha value is -4.41. The minimum Gasteiger partial charge on any atom is -0.458 e. The van der Waals surface area contributed by atoms with Gasteiger partial charge in [0.25, 0.3) is 0 Å². The Labute approximate surface area is 272 Å². The summed E-state index contributed by atoms with van der Waals surface area (Å²) in [6.07, 6.45) is -0.521. The van der Waals surface area contributed by atoms with Crippen LogP contribution in [0.25, 0.3) is 0 Å². The summed E-state index contributed by atoms with van der Waals surface area (Å²) in [6.45, 7) is 14.1. The molecule has 4 N–H and O–H groups in total. The first kappa shape index (κ1) is 37.8. The van der Waals surface area contributed by atoms with Crippen molar-refractivity contribution in [2.45, 2.75) is 110 Å². The van der Waals surface area contributed by atoms with Gasteiger partial charge in [-0.1, -0.05) is 61.5 Å². The number of nitrogens with zero attached hydrogens (tertiary/aromatic N) is 1. The molecule has 3 atom stereocenters. The predicted molar refractivity (Wildman–Crippen MR) is 175 cm³/mol. The highest BCUT2D eigenvalue weighted by molar-refractivity contribution is 5.94. The number of aryl methyl sites for hydroxylation is 1. The first-order valence-electron chi connectivity index (χ1n) is 15.6. The van der Waals surface area contributed by atoms with Crippen LogP contribution in [0.1, 0.15) is 90.5 Å². The average Bonchev–Trinajstić information content (AvgIpc) is 2.93. The lowest BCUT2D eigenvalue weighted by atomic mass is 9.96. The third-order valence-corrected chi connectivity index (χ3v) is 6.75. The second kappa shape index (κ2) is 16.8. The van der Waals surface area contributed by atoms with Gasteiger partial charge in [-0.15, -0.1) is 0 Å². The third kappa shape index (κ3) is 12.5. The lowest BCUT2D eigenvalue weighted by Crippen LogP contribution is -2.55. The van der Waals surface area contributed by atoms with Crippen molar-refractivity contribution in [1.29, 1.82) is 0 Å². The molecule has 0 aliphatic rings. The number of rotatable bonds is 14. The molecular weight excluding hydrogens is 588 g/mol. The molecule has 0 bridgehead atoms. The molecule has 0 fully saturated rings. The largest absolute Gasteiger partial charge is 0.458 e. The molecule has 2 rings (SSSR count). The molecule has 46 heavy (non-hydrogen) atoms. The summed E-state index contributed by atoms with van der Waals surface area (Å²) in [7, 11) is 0. The van der Waals surface area contributed by atoms with E-state index < -0.39 is 59.1 Å². The van der Waals surface area contributed by atoms with E-state index in [-0.39, 0.29) is 25.8 Å². The van der Waals surface area contributed by atoms with E-state index in [0.29, 0.717) is 12.0 Å². The molecule has 0 aliphatic heterocycles. The minimum atomic E-state index is -1.22. The smallest absolute Gasteiger partial charge is 0.408 e. The van der Waals surface area contributed by atoms with Crippen molar-refractivity contribution in [2.75, 3.05) is 6.54 Å². The fourth-order valence-electron chi connectivity index (χ4n) is 4.81. The van der Waals surface area contributed by atoms with E-state index in [4.69, 9.17) is 15.2 Å². The van der Waals surface area contributed by atoms with E-state index in [1.807, 2.05) is 56.3 Å². The van der Waals surface area contributed by atoms with Crippen LogP contribution in [0.2, 0.25) is 0 Å². The number of hydrogen-bond acceptors (Lipinski definition) is 7. The van der Waals surface area contributed by atoms with E-state index in [2.05, 4.69) is 10.6 Å². The Morgan fingerprint density at radius 2 is 1.41 bits per heavy atom. The average molecular weight is 639 g/mol. The van der Waals surface area contributed by atoms with Gasteiger partial charge >= 0.3 is 12.1 Å². The van der Waals surface area contributed by atoms with Crippen molar-refractivity contribution in [3.63, 3.8) is 0 Å². The van der Waals surface area contributed by atoms with Gasteiger partial charge in [0.1, 0.15) is 29.3 Å². The summed E-state index contributed by atoms with van der Waals surface area (Å²) in [5.74, 6) is -2.48. The fraction of sp³-hybridized carbons (Fsp3) is 0.514. The van der Waals surface area contributed by atoms with E-state index in [9.17, 15) is 24.0 Å². The maximum Gasteiger partial charge on any atom is 0.408 e. The van der Waals surface area contributed by atoms with Crippen LogP contribution in [0.15, 0.2) is 54.6 Å². The van der Waals surface area contributed by atoms with Crippen molar-refractivity contribution in [3.05, 3.63) is 71.3 Å². The van der Waals surface area contributed by atoms with Gasteiger partial charge in [-0.2, -0.15) is 0 Å². The molecule has 0 saturated carbocycles. The Morgan fingerprint density at radius 3 is 1.96 bits per heavy atom. The minimum absolute atomic E-state index is 0.107. The number of esters is 1. The molecule has 11 nitrogen and oxygen atoms in total. The SMILES string of the molecule is CCCN(C(=O)C(CCC(N)=O)NC(=O)OC(C)(C)C)C(C(=O)NC(Cc1ccccc1)C(=O)OC(C)(C)C)c1ccccc1C. The van der Waals surface area contributed by atoms with E-state index in [0.717, 1.165) is 11.1 Å². The number of nitrogens with two attached hydrogens (primary N) is 1. The molecule has 11 heteroatoms. The zero-order valence-electron chi connectivity index (χ0n) is 28.3. The van der Waals surface area contributed by atoms with Crippen LogP contribution in [-0.2, 0) is 35.1 Å². The van der Waals surface area contributed by atoms with Gasteiger partial charge in [0.05, 0.1) is 0 Å². The van der Waals surface area contributed by atoms with Crippen molar-refractivity contribution in [1.82, 2.24) is 15.5 Å². The molecule has 3 unspecified atom stereocenters. The number of amides is 4. The van der Waals surface area contributed by atoms with E-state index in [1.165, 1.54) is 4.90 Å². The number of alkyl carbamates (subject to hydrolysis) is 1. The van der Waals surface area contributed by atoms with E-state index >= 15 is 0 Å². The first-order valence-corrected chi connectivity index (χ1v) is 15.6. The fourth-order valence-corrected chi connectivity index (χ4v) is 4.81. The lowest BCUT2D eigenvalue weighted by Gasteiger charge is -2.35. The molecular formula is C35H50N4O7. The van der Waals surface area contributed by atoms with Gasteiger partial charge in [-0.25, -0.2) is 9.59 Å². The summed E-state index contributed by atoms with van der Waals surface area (Å²) in [5.41, 5.74) is 5.83. The van der Waals surface area contributed by atoms with Crippen LogP contribution in [-0.4, -0.2) is 64.5 Å². The van der Waals surface area contributed by atoms with Crippen LogP contribution < -0.4 is 16.4 Å². The zero-order chi connectivity index (χ0) is 34.7. The predicted octanol–water partition coefficient (Wildman–Crippen LogP) is 4.50. The Bertz CT molecular complexity index is 1350. The summed E-state index contributed by atoms with van der Waals surface area (Å²) < 4.78 is 11.1. The lowest BCUT2D eigenvalue weighted by molar-refractivity contribution is -0.159. The zero-order valence-corrected chi connectivity index (χ0v) is 28.3. The number of nitrogens with one attached hydrogen (secondary N) is 2. The molecule has 0 saturated heterocycles.